The molecule has 0 saturated heterocycles. The molecule has 38 heavy (non-hydrogen) atoms. The second-order valence-electron chi connectivity index (χ2n) is 8.13. The third kappa shape index (κ3) is 5.48. The maximum atomic E-state index is 13.4. The number of carbonyl (C=O) groups excluding carboxylic acids is 2. The summed E-state index contributed by atoms with van der Waals surface area (Å²) >= 11 is 1.14. The summed E-state index contributed by atoms with van der Waals surface area (Å²) in [6, 6.07) is 11.4. The minimum Gasteiger partial charge on any atom is -0.348 e. The van der Waals surface area contributed by atoms with Crippen molar-refractivity contribution in [3.8, 4) is 0 Å². The molecule has 1 aromatic heterocycles. The zero-order chi connectivity index (χ0) is 27.8. The zero-order valence-electron chi connectivity index (χ0n) is 19.4. The van der Waals surface area contributed by atoms with E-state index in [1.165, 1.54) is 30.3 Å². The van der Waals surface area contributed by atoms with Gasteiger partial charge in [0.1, 0.15) is 0 Å². The summed E-state index contributed by atoms with van der Waals surface area (Å²) in [5.41, 5.74) is -2.98. The van der Waals surface area contributed by atoms with Crippen LogP contribution in [0.1, 0.15) is 42.4 Å². The third-order valence-corrected chi connectivity index (χ3v) is 6.47. The first-order valence-corrected chi connectivity index (χ1v) is 11.7. The number of carbonyl (C=O) groups is 2. The summed E-state index contributed by atoms with van der Waals surface area (Å²) in [4.78, 5) is 30.3. The molecule has 0 aliphatic heterocycles. The monoisotopic (exact) mass is 552 g/mol. The predicted octanol–water partition coefficient (Wildman–Crippen LogP) is 6.09. The maximum absolute atomic E-state index is 13.4. The van der Waals surface area contributed by atoms with Crippen molar-refractivity contribution in [3.63, 3.8) is 0 Å². The van der Waals surface area contributed by atoms with Gasteiger partial charge in [-0.15, -0.1) is 11.3 Å². The molecule has 0 unspecified atom stereocenters. The quantitative estimate of drug-likeness (QED) is 0.136. The number of hydrogen-bond donors (Lipinski definition) is 2. The van der Waals surface area contributed by atoms with E-state index in [2.05, 4.69) is 10.3 Å². The molecule has 0 spiro atoms. The van der Waals surface area contributed by atoms with Gasteiger partial charge in [0.05, 0.1) is 43.2 Å². The van der Waals surface area contributed by atoms with Gasteiger partial charge >= 0.3 is 12.4 Å². The number of hydrazine groups is 1. The van der Waals surface area contributed by atoms with Gasteiger partial charge in [-0.3, -0.25) is 9.59 Å². The van der Waals surface area contributed by atoms with E-state index in [0.29, 0.717) is 14.7 Å². The van der Waals surface area contributed by atoms with Crippen LogP contribution in [-0.4, -0.2) is 16.8 Å². The number of anilines is 1. The van der Waals surface area contributed by atoms with Crippen molar-refractivity contribution in [2.24, 2.45) is 5.84 Å². The number of fused-ring (bicyclic) bond motifs is 1. The third-order valence-electron chi connectivity index (χ3n) is 5.55. The van der Waals surface area contributed by atoms with Gasteiger partial charge in [0, 0.05) is 6.54 Å². The van der Waals surface area contributed by atoms with Crippen molar-refractivity contribution in [1.29, 1.82) is 0 Å². The molecule has 0 bridgehead atoms. The Balaban J connectivity index is 1.69. The molecule has 0 saturated carbocycles. The second kappa shape index (κ2) is 10.1. The summed E-state index contributed by atoms with van der Waals surface area (Å²) < 4.78 is 80.7. The molecule has 2 amide bonds. The molecule has 13 heteroatoms. The molecule has 0 fully saturated rings. The van der Waals surface area contributed by atoms with Crippen LogP contribution in [0.2, 0.25) is 0 Å². The van der Waals surface area contributed by atoms with Crippen LogP contribution in [0.25, 0.3) is 10.2 Å². The van der Waals surface area contributed by atoms with E-state index in [9.17, 15) is 35.9 Å². The largest absolute Gasteiger partial charge is 0.417 e. The highest BCUT2D eigenvalue weighted by Gasteiger charge is 2.36. The number of hydrogen-bond acceptors (Lipinski definition) is 5. The van der Waals surface area contributed by atoms with Gasteiger partial charge in [-0.2, -0.15) is 26.3 Å². The Morgan fingerprint density at radius 3 is 2.18 bits per heavy atom. The van der Waals surface area contributed by atoms with E-state index in [0.717, 1.165) is 41.7 Å². The number of aromatic nitrogens is 1. The van der Waals surface area contributed by atoms with E-state index in [-0.39, 0.29) is 22.3 Å². The lowest BCUT2D eigenvalue weighted by atomic mass is 10.1. The topological polar surface area (TPSA) is 88.3 Å². The Morgan fingerprint density at radius 1 is 0.921 bits per heavy atom. The SMILES string of the molecule is Cc1nc2c(C(=O)NCc3ccccc3C(F)(F)F)cc(N(N)C(=O)c3ccccc3C(F)(F)F)cc2s1. The highest BCUT2D eigenvalue weighted by atomic mass is 32.1. The first-order chi connectivity index (χ1) is 17.8. The first kappa shape index (κ1) is 27.1. The normalized spacial score (nSPS) is 12.0. The average Bonchev–Trinajstić information content (AvgIpc) is 3.24. The lowest BCUT2D eigenvalue weighted by Crippen LogP contribution is -2.38. The van der Waals surface area contributed by atoms with Gasteiger partial charge in [0.2, 0.25) is 0 Å². The molecule has 0 atom stereocenters. The summed E-state index contributed by atoms with van der Waals surface area (Å²) in [5.74, 6) is 3.94. The molecule has 3 aromatic carbocycles. The van der Waals surface area contributed by atoms with Crippen molar-refractivity contribution in [1.82, 2.24) is 10.3 Å². The number of nitrogens with one attached hydrogen (secondary N) is 1. The average molecular weight is 553 g/mol. The lowest BCUT2D eigenvalue weighted by Gasteiger charge is -2.20. The highest BCUT2D eigenvalue weighted by molar-refractivity contribution is 7.18. The Bertz CT molecular complexity index is 1530. The molecule has 3 N–H and O–H groups in total. The van der Waals surface area contributed by atoms with E-state index in [1.54, 1.807) is 6.92 Å². The van der Waals surface area contributed by atoms with Crippen molar-refractivity contribution in [2.75, 3.05) is 5.01 Å². The van der Waals surface area contributed by atoms with Crippen LogP contribution in [0.3, 0.4) is 0 Å². The van der Waals surface area contributed by atoms with Crippen LogP contribution in [0.4, 0.5) is 32.0 Å². The zero-order valence-corrected chi connectivity index (χ0v) is 20.3. The number of aryl methyl sites for hydroxylation is 1. The Hall–Kier alpha value is -3.97. The molecule has 0 aliphatic carbocycles. The molecule has 0 aliphatic rings. The minimum absolute atomic E-state index is 0.107. The first-order valence-electron chi connectivity index (χ1n) is 10.9. The standard InChI is InChI=1S/C25H18F6N4O2S/c1-13-34-21-17(22(36)33-12-14-6-2-4-8-18(14)24(26,27)28)10-15(11-20(21)38-13)35(32)23(37)16-7-3-5-9-19(16)25(29,30)31/h2-11H,12,32H2,1H3,(H,33,36). The van der Waals surface area contributed by atoms with Crippen LogP contribution in [0.5, 0.6) is 0 Å². The van der Waals surface area contributed by atoms with Crippen molar-refractivity contribution < 1.29 is 35.9 Å². The van der Waals surface area contributed by atoms with Gasteiger partial charge in [-0.25, -0.2) is 15.8 Å². The molecular formula is C25H18F6N4O2S. The van der Waals surface area contributed by atoms with Crippen LogP contribution >= 0.6 is 11.3 Å². The fourth-order valence-electron chi connectivity index (χ4n) is 3.82. The van der Waals surface area contributed by atoms with Gasteiger partial charge in [0.15, 0.2) is 0 Å². The predicted molar refractivity (Wildman–Crippen MR) is 129 cm³/mol. The summed E-state index contributed by atoms with van der Waals surface area (Å²) in [5, 5.41) is 3.43. The number of amides is 2. The number of nitrogens with two attached hydrogens (primary N) is 1. The smallest absolute Gasteiger partial charge is 0.348 e. The number of benzene rings is 3. The maximum Gasteiger partial charge on any atom is 0.417 e. The van der Waals surface area contributed by atoms with E-state index in [4.69, 9.17) is 5.84 Å². The lowest BCUT2D eigenvalue weighted by molar-refractivity contribution is -0.138. The number of alkyl halides is 6. The van der Waals surface area contributed by atoms with E-state index < -0.39 is 47.4 Å². The Morgan fingerprint density at radius 2 is 1.53 bits per heavy atom. The van der Waals surface area contributed by atoms with Gasteiger partial charge in [-0.05, 0) is 42.8 Å². The fourth-order valence-corrected chi connectivity index (χ4v) is 4.71. The summed E-state index contributed by atoms with van der Waals surface area (Å²) in [6.07, 6.45) is -9.45. The second-order valence-corrected chi connectivity index (χ2v) is 9.36. The van der Waals surface area contributed by atoms with Crippen LogP contribution in [0, 0.1) is 6.92 Å². The Labute approximate surface area is 215 Å². The number of halogens is 6. The number of nitrogens with zero attached hydrogens (tertiary/aromatic N) is 2. The van der Waals surface area contributed by atoms with E-state index in [1.807, 2.05) is 0 Å². The molecule has 6 nitrogen and oxygen atoms in total. The highest BCUT2D eigenvalue weighted by Crippen LogP contribution is 2.35. The summed E-state index contributed by atoms with van der Waals surface area (Å²) in [7, 11) is 0. The molecular weight excluding hydrogens is 534 g/mol. The van der Waals surface area contributed by atoms with Gasteiger partial charge < -0.3 is 5.32 Å². The van der Waals surface area contributed by atoms with Crippen molar-refractivity contribution >= 4 is 39.1 Å². The Kier molecular flexibility index (Phi) is 7.17. The fraction of sp³-hybridized carbons (Fsp3) is 0.160. The van der Waals surface area contributed by atoms with Crippen molar-refractivity contribution in [2.45, 2.75) is 25.8 Å². The minimum atomic E-state index is -4.82. The van der Waals surface area contributed by atoms with Crippen molar-refractivity contribution in [3.05, 3.63) is 93.5 Å². The number of thiazole rings is 1. The van der Waals surface area contributed by atoms with Gasteiger partial charge in [-0.1, -0.05) is 30.3 Å². The van der Waals surface area contributed by atoms with Gasteiger partial charge in [0.25, 0.3) is 11.8 Å². The van der Waals surface area contributed by atoms with E-state index >= 15 is 0 Å². The summed E-state index contributed by atoms with van der Waals surface area (Å²) in [6.45, 7) is 1.18. The molecule has 4 aromatic rings. The molecule has 0 radical (unpaired) electrons. The molecule has 1 heterocycles. The van der Waals surface area contributed by atoms with Crippen LogP contribution in [0.15, 0.2) is 60.7 Å². The van der Waals surface area contributed by atoms with Crippen LogP contribution in [-0.2, 0) is 18.9 Å². The van der Waals surface area contributed by atoms with Crippen LogP contribution < -0.4 is 16.2 Å². The number of rotatable bonds is 5. The molecule has 4 rings (SSSR count). The molecule has 198 valence electrons.